The van der Waals surface area contributed by atoms with Crippen LogP contribution in [0, 0.1) is 12.3 Å². The van der Waals surface area contributed by atoms with E-state index in [9.17, 15) is 0 Å². The van der Waals surface area contributed by atoms with Crippen LogP contribution >= 0.6 is 0 Å². The Balaban J connectivity index is 3.10. The topological polar surface area (TPSA) is 44.5 Å². The molecule has 0 aromatic carbocycles. The number of hydrogen-bond acceptors (Lipinski definition) is 3. The number of hydrogen-bond donors (Lipinski definition) is 1. The summed E-state index contributed by atoms with van der Waals surface area (Å²) in [7, 11) is 1.66. The zero-order chi connectivity index (χ0) is 10.6. The third-order valence-electron chi connectivity index (χ3n) is 1.96. The van der Waals surface area contributed by atoms with Crippen LogP contribution in [0.3, 0.4) is 0 Å². The predicted octanol–water partition coefficient (Wildman–Crippen LogP) is 1.17. The van der Waals surface area contributed by atoms with Crippen LogP contribution in [0.2, 0.25) is 0 Å². The first-order valence-corrected chi connectivity index (χ1v) is 5.07. The molecule has 14 heavy (non-hydrogen) atoms. The fourth-order valence-electron chi connectivity index (χ4n) is 1.09. The van der Waals surface area contributed by atoms with Crippen LogP contribution in [0.25, 0.3) is 0 Å². The highest BCUT2D eigenvalue weighted by Crippen LogP contribution is 2.01. The molecule has 0 amide bonds. The lowest BCUT2D eigenvalue weighted by atomic mass is 10.1. The Hall–Kier alpha value is -0.560. The first-order valence-electron chi connectivity index (χ1n) is 5.07. The Bertz CT molecular complexity index is 154. The van der Waals surface area contributed by atoms with Gasteiger partial charge in [-0.25, -0.2) is 0 Å². The predicted molar refractivity (Wildman–Crippen MR) is 58.0 cm³/mol. The number of terminal acetylenes is 1. The number of unbranched alkanes of at least 4 members (excludes halogenated alkanes) is 1. The van der Waals surface area contributed by atoms with Crippen molar-refractivity contribution >= 4 is 0 Å². The second-order valence-corrected chi connectivity index (χ2v) is 3.25. The van der Waals surface area contributed by atoms with Crippen LogP contribution in [0.1, 0.15) is 25.7 Å². The Labute approximate surface area is 87.0 Å². The molecular formula is C11H21NO2. The Morgan fingerprint density at radius 3 is 2.71 bits per heavy atom. The second-order valence-electron chi connectivity index (χ2n) is 3.25. The Morgan fingerprint density at radius 1 is 1.29 bits per heavy atom. The molecule has 0 aromatic rings. The number of methoxy groups -OCH3 is 1. The maximum absolute atomic E-state index is 5.85. The summed E-state index contributed by atoms with van der Waals surface area (Å²) in [6.07, 6.45) is 8.85. The molecule has 0 fully saturated rings. The van der Waals surface area contributed by atoms with Gasteiger partial charge in [-0.3, -0.25) is 0 Å². The van der Waals surface area contributed by atoms with E-state index in [0.717, 1.165) is 25.7 Å². The van der Waals surface area contributed by atoms with Crippen molar-refractivity contribution < 1.29 is 9.47 Å². The summed E-state index contributed by atoms with van der Waals surface area (Å²) in [5.74, 6) is 2.60. The molecule has 0 aliphatic carbocycles. The molecule has 0 aliphatic heterocycles. The highest BCUT2D eigenvalue weighted by molar-refractivity contribution is 4.83. The molecule has 1 atom stereocenters. The molecule has 0 spiro atoms. The normalized spacial score (nSPS) is 12.4. The molecule has 0 rings (SSSR count). The van der Waals surface area contributed by atoms with Crippen LogP contribution in [-0.2, 0) is 9.47 Å². The average Bonchev–Trinajstić information content (AvgIpc) is 2.18. The average molecular weight is 199 g/mol. The molecule has 3 heteroatoms. The largest absolute Gasteiger partial charge is 0.382 e. The minimum Gasteiger partial charge on any atom is -0.382 e. The van der Waals surface area contributed by atoms with E-state index >= 15 is 0 Å². The van der Waals surface area contributed by atoms with E-state index in [1.165, 1.54) is 0 Å². The molecule has 0 bridgehead atoms. The summed E-state index contributed by atoms with van der Waals surface area (Å²) in [5.41, 5.74) is 5.85. The molecule has 0 radical (unpaired) electrons. The third kappa shape index (κ3) is 9.53. The molecule has 1 unspecified atom stereocenters. The van der Waals surface area contributed by atoms with Gasteiger partial charge in [0.25, 0.3) is 0 Å². The standard InChI is InChI=1S/C11H21NO2/c1-3-4-5-6-11(12)7-8-14-10-9-13-2/h1,11H,4-10,12H2,2H3. The van der Waals surface area contributed by atoms with Gasteiger partial charge in [0.15, 0.2) is 0 Å². The monoisotopic (exact) mass is 199 g/mol. The van der Waals surface area contributed by atoms with Gasteiger partial charge >= 0.3 is 0 Å². The summed E-state index contributed by atoms with van der Waals surface area (Å²) in [5, 5.41) is 0. The zero-order valence-electron chi connectivity index (χ0n) is 9.00. The Kier molecular flexibility index (Phi) is 10.1. The lowest BCUT2D eigenvalue weighted by molar-refractivity contribution is 0.0669. The van der Waals surface area contributed by atoms with Crippen LogP contribution in [0.5, 0.6) is 0 Å². The molecule has 0 aromatic heterocycles. The number of rotatable bonds is 9. The van der Waals surface area contributed by atoms with Gasteiger partial charge in [-0.15, -0.1) is 12.3 Å². The molecule has 3 nitrogen and oxygen atoms in total. The smallest absolute Gasteiger partial charge is 0.0700 e. The van der Waals surface area contributed by atoms with Crippen molar-refractivity contribution in [1.82, 2.24) is 0 Å². The summed E-state index contributed by atoms with van der Waals surface area (Å²) in [6, 6.07) is 0.214. The SMILES string of the molecule is C#CCCCC(N)CCOCCOC. The molecule has 0 aliphatic rings. The van der Waals surface area contributed by atoms with Crippen molar-refractivity contribution in [3.05, 3.63) is 0 Å². The maximum Gasteiger partial charge on any atom is 0.0700 e. The fraction of sp³-hybridized carbons (Fsp3) is 0.818. The van der Waals surface area contributed by atoms with Crippen molar-refractivity contribution in [3.8, 4) is 12.3 Å². The van der Waals surface area contributed by atoms with Crippen molar-refractivity contribution in [2.75, 3.05) is 26.9 Å². The third-order valence-corrected chi connectivity index (χ3v) is 1.96. The highest BCUT2D eigenvalue weighted by atomic mass is 16.5. The molecule has 0 heterocycles. The lowest BCUT2D eigenvalue weighted by Crippen LogP contribution is -2.22. The lowest BCUT2D eigenvalue weighted by Gasteiger charge is -2.10. The van der Waals surface area contributed by atoms with E-state index in [4.69, 9.17) is 21.6 Å². The van der Waals surface area contributed by atoms with Gasteiger partial charge in [-0.2, -0.15) is 0 Å². The van der Waals surface area contributed by atoms with E-state index < -0.39 is 0 Å². The van der Waals surface area contributed by atoms with E-state index in [1.807, 2.05) is 0 Å². The van der Waals surface area contributed by atoms with Crippen molar-refractivity contribution in [2.45, 2.75) is 31.7 Å². The minimum absolute atomic E-state index is 0.214. The summed E-state index contributed by atoms with van der Waals surface area (Å²) < 4.78 is 10.2. The Morgan fingerprint density at radius 2 is 2.07 bits per heavy atom. The molecule has 0 saturated carbocycles. The van der Waals surface area contributed by atoms with Crippen LogP contribution in [0.15, 0.2) is 0 Å². The first-order chi connectivity index (χ1) is 6.81. The van der Waals surface area contributed by atoms with Gasteiger partial charge < -0.3 is 15.2 Å². The maximum atomic E-state index is 5.85. The van der Waals surface area contributed by atoms with Gasteiger partial charge in [-0.05, 0) is 19.3 Å². The van der Waals surface area contributed by atoms with Crippen LogP contribution in [-0.4, -0.2) is 33.0 Å². The summed E-state index contributed by atoms with van der Waals surface area (Å²) in [6.45, 7) is 2.00. The summed E-state index contributed by atoms with van der Waals surface area (Å²) >= 11 is 0. The quantitative estimate of drug-likeness (QED) is 0.448. The van der Waals surface area contributed by atoms with Crippen LogP contribution in [0.4, 0.5) is 0 Å². The first kappa shape index (κ1) is 13.4. The van der Waals surface area contributed by atoms with Gasteiger partial charge in [-0.1, -0.05) is 0 Å². The number of nitrogens with two attached hydrogens (primary N) is 1. The van der Waals surface area contributed by atoms with E-state index in [1.54, 1.807) is 7.11 Å². The molecule has 0 saturated heterocycles. The van der Waals surface area contributed by atoms with Crippen molar-refractivity contribution in [2.24, 2.45) is 5.73 Å². The molecule has 82 valence electrons. The fourth-order valence-corrected chi connectivity index (χ4v) is 1.09. The van der Waals surface area contributed by atoms with Crippen molar-refractivity contribution in [3.63, 3.8) is 0 Å². The van der Waals surface area contributed by atoms with Gasteiger partial charge in [0.1, 0.15) is 0 Å². The summed E-state index contributed by atoms with van der Waals surface area (Å²) in [4.78, 5) is 0. The number of ether oxygens (including phenoxy) is 2. The van der Waals surface area contributed by atoms with Gasteiger partial charge in [0, 0.05) is 26.2 Å². The van der Waals surface area contributed by atoms with E-state index in [-0.39, 0.29) is 6.04 Å². The molecular weight excluding hydrogens is 178 g/mol. The van der Waals surface area contributed by atoms with Gasteiger partial charge in [0.05, 0.1) is 13.2 Å². The molecule has 2 N–H and O–H groups in total. The second kappa shape index (κ2) is 10.5. The van der Waals surface area contributed by atoms with Crippen molar-refractivity contribution in [1.29, 1.82) is 0 Å². The van der Waals surface area contributed by atoms with Gasteiger partial charge in [0.2, 0.25) is 0 Å². The van der Waals surface area contributed by atoms with E-state index in [0.29, 0.717) is 19.8 Å². The van der Waals surface area contributed by atoms with E-state index in [2.05, 4.69) is 5.92 Å². The minimum atomic E-state index is 0.214. The van der Waals surface area contributed by atoms with Crippen LogP contribution < -0.4 is 5.73 Å². The highest BCUT2D eigenvalue weighted by Gasteiger charge is 2.01. The zero-order valence-corrected chi connectivity index (χ0v) is 9.00.